The Morgan fingerprint density at radius 3 is 2.44 bits per heavy atom. The number of hydrogen-bond acceptors (Lipinski definition) is 3. The molecule has 5 rings (SSSR count). The zero-order valence-electron chi connectivity index (χ0n) is 20.4. The van der Waals surface area contributed by atoms with Gasteiger partial charge >= 0.3 is 12.1 Å². The van der Waals surface area contributed by atoms with Gasteiger partial charge in [0.2, 0.25) is 0 Å². The lowest BCUT2D eigenvalue weighted by Crippen LogP contribution is -2.84. The number of hydrogen-bond donors (Lipinski definition) is 2. The second kappa shape index (κ2) is 8.60. The molecule has 1 atom stereocenters. The number of nitrogens with one attached hydrogen (secondary N) is 2. The number of allylic oxidation sites excluding steroid dienone is 3. The molecule has 1 aromatic rings. The summed E-state index contributed by atoms with van der Waals surface area (Å²) >= 11 is 0. The number of fused-ring (bicyclic) bond motifs is 1. The first-order chi connectivity index (χ1) is 15.9. The quantitative estimate of drug-likeness (QED) is 0.563. The van der Waals surface area contributed by atoms with Crippen LogP contribution in [-0.4, -0.2) is 40.2 Å². The van der Waals surface area contributed by atoms with Crippen LogP contribution < -0.4 is 10.6 Å². The minimum Gasteiger partial charge on any atom is -0.444 e. The van der Waals surface area contributed by atoms with E-state index in [4.69, 9.17) is 4.74 Å². The van der Waals surface area contributed by atoms with Gasteiger partial charge in [-0.2, -0.15) is 0 Å². The van der Waals surface area contributed by atoms with E-state index < -0.39 is 11.7 Å². The molecular formula is C27H34FN3O3. The van der Waals surface area contributed by atoms with Crippen molar-refractivity contribution in [1.82, 2.24) is 15.5 Å². The van der Waals surface area contributed by atoms with Crippen LogP contribution in [0.3, 0.4) is 0 Å². The molecule has 2 bridgehead atoms. The summed E-state index contributed by atoms with van der Waals surface area (Å²) < 4.78 is 19.1. The third kappa shape index (κ3) is 4.74. The summed E-state index contributed by atoms with van der Waals surface area (Å²) in [4.78, 5) is 27.4. The van der Waals surface area contributed by atoms with Crippen molar-refractivity contribution in [2.24, 2.45) is 0 Å². The van der Waals surface area contributed by atoms with Crippen LogP contribution in [0.2, 0.25) is 0 Å². The first-order valence-electron chi connectivity index (χ1n) is 11.8. The third-order valence-corrected chi connectivity index (χ3v) is 6.80. The van der Waals surface area contributed by atoms with Gasteiger partial charge in [-0.3, -0.25) is 0 Å². The topological polar surface area (TPSA) is 70.7 Å². The first kappa shape index (κ1) is 24.0. The summed E-state index contributed by atoms with van der Waals surface area (Å²) in [5.74, 6) is -0.349. The number of nitrogens with zero attached hydrogens (tertiary/aromatic N) is 1. The second-order valence-corrected chi connectivity index (χ2v) is 10.8. The lowest BCUT2D eigenvalue weighted by Gasteiger charge is -2.70. The van der Waals surface area contributed by atoms with Crippen LogP contribution in [0.25, 0.3) is 0 Å². The van der Waals surface area contributed by atoms with Crippen molar-refractivity contribution in [2.45, 2.75) is 76.1 Å². The second-order valence-electron chi connectivity index (χ2n) is 10.8. The molecule has 0 radical (unpaired) electrons. The molecule has 182 valence electrons. The number of ether oxygens (including phenoxy) is 1. The van der Waals surface area contributed by atoms with Crippen LogP contribution in [0.15, 0.2) is 60.5 Å². The third-order valence-electron chi connectivity index (χ3n) is 6.80. The summed E-state index contributed by atoms with van der Waals surface area (Å²) in [5.41, 5.74) is 1.69. The van der Waals surface area contributed by atoms with Crippen LogP contribution >= 0.6 is 0 Å². The van der Waals surface area contributed by atoms with E-state index in [1.54, 1.807) is 17.9 Å². The predicted octanol–water partition coefficient (Wildman–Crippen LogP) is 5.48. The van der Waals surface area contributed by atoms with E-state index in [9.17, 15) is 14.0 Å². The molecule has 6 nitrogen and oxygen atoms in total. The first-order valence-corrected chi connectivity index (χ1v) is 11.8. The van der Waals surface area contributed by atoms with Gasteiger partial charge in [-0.1, -0.05) is 43.0 Å². The number of halogens is 1. The molecule has 2 N–H and O–H groups in total. The van der Waals surface area contributed by atoms with Gasteiger partial charge in [0.15, 0.2) is 0 Å². The van der Waals surface area contributed by atoms with Crippen molar-refractivity contribution < 1.29 is 18.7 Å². The Bertz CT molecular complexity index is 1050. The zero-order chi connectivity index (χ0) is 24.7. The molecular weight excluding hydrogens is 433 g/mol. The number of urea groups is 1. The van der Waals surface area contributed by atoms with E-state index >= 15 is 0 Å². The molecule has 3 fully saturated rings. The van der Waals surface area contributed by atoms with Crippen LogP contribution in [0.1, 0.15) is 64.1 Å². The maximum atomic E-state index is 13.7. The van der Waals surface area contributed by atoms with Gasteiger partial charge in [0, 0.05) is 12.1 Å². The summed E-state index contributed by atoms with van der Waals surface area (Å²) in [6, 6.07) is 7.48. The number of benzene rings is 1. The van der Waals surface area contributed by atoms with Crippen molar-refractivity contribution in [2.75, 3.05) is 6.54 Å². The molecule has 0 saturated heterocycles. The van der Waals surface area contributed by atoms with Crippen LogP contribution in [0.5, 0.6) is 0 Å². The fraction of sp³-hybridized carbons (Fsp3) is 0.481. The highest BCUT2D eigenvalue weighted by molar-refractivity contribution is 5.78. The average molecular weight is 468 g/mol. The molecule has 1 aromatic carbocycles. The molecule has 0 unspecified atom stereocenters. The summed E-state index contributed by atoms with van der Waals surface area (Å²) in [7, 11) is 0. The predicted molar refractivity (Wildman–Crippen MR) is 130 cm³/mol. The lowest BCUT2D eigenvalue weighted by atomic mass is 9.44. The van der Waals surface area contributed by atoms with E-state index in [1.807, 2.05) is 39.0 Å². The zero-order valence-corrected chi connectivity index (χ0v) is 20.4. The van der Waals surface area contributed by atoms with Gasteiger partial charge in [0.05, 0.1) is 11.6 Å². The smallest absolute Gasteiger partial charge is 0.408 e. The normalized spacial score (nSPS) is 27.9. The highest BCUT2D eigenvalue weighted by Crippen LogP contribution is 2.60. The van der Waals surface area contributed by atoms with Crippen LogP contribution in [0, 0.1) is 0 Å². The standard InChI is InChI=1S/C27H34FN3O3/c1-6-20(28)12-11-18(2)22-21-10-8-7-9-19(21)13-14-31(22)23(32)29-26-15-27(16-26,17-26)30-24(33)34-25(3,4)5/h6-12,22H,2,13-17H2,1,3-5H3,(H,29,32)(H,30,33)/b12-11-,20-6+/t22-,26?,27?/m1/s1. The van der Waals surface area contributed by atoms with Crippen molar-refractivity contribution >= 4 is 12.1 Å². The average Bonchev–Trinajstić information content (AvgIpc) is 2.72. The van der Waals surface area contributed by atoms with E-state index in [-0.39, 0.29) is 29.0 Å². The minimum atomic E-state index is -0.550. The van der Waals surface area contributed by atoms with Crippen molar-refractivity contribution in [3.05, 3.63) is 71.6 Å². The minimum absolute atomic E-state index is 0.161. The molecule has 1 aliphatic heterocycles. The number of carbonyl (C=O) groups excluding carboxylic acids is 2. The van der Waals surface area contributed by atoms with Gasteiger partial charge in [-0.25, -0.2) is 14.0 Å². The van der Waals surface area contributed by atoms with E-state index in [2.05, 4.69) is 23.3 Å². The van der Waals surface area contributed by atoms with E-state index in [0.717, 1.165) is 12.0 Å². The maximum Gasteiger partial charge on any atom is 0.408 e. The Labute approximate surface area is 200 Å². The van der Waals surface area contributed by atoms with Gasteiger partial charge < -0.3 is 20.3 Å². The Balaban J connectivity index is 1.43. The van der Waals surface area contributed by atoms with Gasteiger partial charge in [-0.15, -0.1) is 0 Å². The molecule has 3 amide bonds. The van der Waals surface area contributed by atoms with Gasteiger partial charge in [0.25, 0.3) is 0 Å². The number of amides is 3. The molecule has 0 spiro atoms. The molecule has 1 heterocycles. The Morgan fingerprint density at radius 1 is 1.15 bits per heavy atom. The number of carbonyl (C=O) groups is 2. The Hall–Kier alpha value is -3.09. The lowest BCUT2D eigenvalue weighted by molar-refractivity contribution is -0.0976. The molecule has 4 aliphatic rings. The Morgan fingerprint density at radius 2 is 1.79 bits per heavy atom. The summed E-state index contributed by atoms with van der Waals surface area (Å²) in [6.07, 6.45) is 6.79. The highest BCUT2D eigenvalue weighted by atomic mass is 19.1. The van der Waals surface area contributed by atoms with Crippen LogP contribution in [0.4, 0.5) is 14.0 Å². The Kier molecular flexibility index (Phi) is 6.08. The van der Waals surface area contributed by atoms with Gasteiger partial charge in [-0.05, 0) is 76.2 Å². The monoisotopic (exact) mass is 467 g/mol. The molecule has 3 aliphatic carbocycles. The van der Waals surface area contributed by atoms with Crippen molar-refractivity contribution in [3.63, 3.8) is 0 Å². The molecule has 7 heteroatoms. The molecule has 34 heavy (non-hydrogen) atoms. The van der Waals surface area contributed by atoms with Crippen LogP contribution in [-0.2, 0) is 11.2 Å². The van der Waals surface area contributed by atoms with E-state index in [0.29, 0.717) is 31.4 Å². The maximum absolute atomic E-state index is 13.7. The number of rotatable bonds is 5. The van der Waals surface area contributed by atoms with Crippen molar-refractivity contribution in [1.29, 1.82) is 0 Å². The summed E-state index contributed by atoms with van der Waals surface area (Å²) in [6.45, 7) is 11.8. The SMILES string of the molecule is C=C(/C=C\C(F)=C/C)[C@@H]1c2ccccc2CCN1C(=O)NC12CC(NC(=O)OC(C)(C)C)(C1)C2. The van der Waals surface area contributed by atoms with E-state index in [1.165, 1.54) is 17.7 Å². The fourth-order valence-corrected chi connectivity index (χ4v) is 5.43. The number of alkyl carbamates (subject to hydrolysis) is 1. The fourth-order valence-electron chi connectivity index (χ4n) is 5.43. The summed E-state index contributed by atoms with van der Waals surface area (Å²) in [5, 5.41) is 6.19. The largest absolute Gasteiger partial charge is 0.444 e. The molecule has 0 aromatic heterocycles. The van der Waals surface area contributed by atoms with Gasteiger partial charge in [0.1, 0.15) is 11.4 Å². The highest BCUT2D eigenvalue weighted by Gasteiger charge is 2.70. The van der Waals surface area contributed by atoms with Crippen molar-refractivity contribution in [3.8, 4) is 0 Å². The molecule has 3 saturated carbocycles.